The second kappa shape index (κ2) is 3.66. The highest BCUT2D eigenvalue weighted by Gasteiger charge is 2.03. The van der Waals surface area contributed by atoms with Crippen LogP contribution >= 0.6 is 0 Å². The summed E-state index contributed by atoms with van der Waals surface area (Å²) in [6.45, 7) is 0. The van der Waals surface area contributed by atoms with Crippen molar-refractivity contribution < 1.29 is 4.21 Å². The van der Waals surface area contributed by atoms with Crippen molar-refractivity contribution >= 4 is 10.8 Å². The first-order valence-corrected chi connectivity index (χ1v) is 4.36. The van der Waals surface area contributed by atoms with Gasteiger partial charge >= 0.3 is 0 Å². The van der Waals surface area contributed by atoms with E-state index in [9.17, 15) is 4.21 Å². The number of nitrogens with zero attached hydrogens (tertiary/aromatic N) is 2. The average molecular weight is 176 g/mol. The molecule has 0 unspecified atom stereocenters. The van der Waals surface area contributed by atoms with E-state index in [4.69, 9.17) is 10.5 Å². The third-order valence-electron chi connectivity index (χ3n) is 1.28. The zero-order chi connectivity index (χ0) is 8.97. The molecule has 0 saturated heterocycles. The van der Waals surface area contributed by atoms with Gasteiger partial charge in [-0.2, -0.15) is 10.5 Å². The van der Waals surface area contributed by atoms with Crippen LogP contribution in [-0.2, 0) is 10.8 Å². The average Bonchev–Trinajstić information content (AvgIpc) is 2.10. The van der Waals surface area contributed by atoms with E-state index in [2.05, 4.69) is 0 Å². The number of allylic oxidation sites excluding steroid dienone is 4. The lowest BCUT2D eigenvalue weighted by Crippen LogP contribution is -1.88. The summed E-state index contributed by atoms with van der Waals surface area (Å²) in [6.07, 6.45) is 3.02. The maximum atomic E-state index is 10.8. The molecule has 0 aromatic rings. The molecule has 1 aliphatic rings. The molecular formula is C8H4N2OS. The predicted octanol–water partition coefficient (Wildman–Crippen LogP) is 1.12. The van der Waals surface area contributed by atoms with Crippen LogP contribution in [-0.4, -0.2) is 4.21 Å². The Labute approximate surface area is 72.4 Å². The molecule has 0 N–H and O–H groups in total. The van der Waals surface area contributed by atoms with E-state index < -0.39 is 10.8 Å². The smallest absolute Gasteiger partial charge is 0.136 e. The van der Waals surface area contributed by atoms with E-state index in [1.54, 1.807) is 12.1 Å². The van der Waals surface area contributed by atoms with Gasteiger partial charge in [0.1, 0.15) is 17.7 Å². The van der Waals surface area contributed by atoms with Crippen molar-refractivity contribution in [3.05, 3.63) is 34.1 Å². The fourth-order valence-corrected chi connectivity index (χ4v) is 1.35. The van der Waals surface area contributed by atoms with Crippen LogP contribution in [0.5, 0.6) is 0 Å². The van der Waals surface area contributed by atoms with Gasteiger partial charge in [0.15, 0.2) is 0 Å². The summed E-state index contributed by atoms with van der Waals surface area (Å²) < 4.78 is 10.8. The Balaban J connectivity index is 3.10. The molecule has 0 bridgehead atoms. The highest BCUT2D eigenvalue weighted by Crippen LogP contribution is 2.12. The van der Waals surface area contributed by atoms with E-state index >= 15 is 0 Å². The Hall–Kier alpha value is -1.65. The van der Waals surface area contributed by atoms with Gasteiger partial charge in [-0.3, -0.25) is 4.21 Å². The molecule has 1 rings (SSSR count). The zero-order valence-corrected chi connectivity index (χ0v) is 6.84. The Morgan fingerprint density at radius 2 is 1.75 bits per heavy atom. The van der Waals surface area contributed by atoms with E-state index in [0.717, 1.165) is 0 Å². The third kappa shape index (κ3) is 1.69. The summed E-state index contributed by atoms with van der Waals surface area (Å²) in [5, 5.41) is 19.8. The molecule has 12 heavy (non-hydrogen) atoms. The maximum absolute atomic E-state index is 10.8. The normalized spacial score (nSPS) is 19.8. The van der Waals surface area contributed by atoms with E-state index in [0.29, 0.717) is 5.57 Å². The highest BCUT2D eigenvalue weighted by atomic mass is 32.2. The van der Waals surface area contributed by atoms with Crippen molar-refractivity contribution in [2.75, 3.05) is 0 Å². The fourth-order valence-electron chi connectivity index (χ4n) is 0.702. The molecule has 0 atom stereocenters. The van der Waals surface area contributed by atoms with Gasteiger partial charge in [0, 0.05) is 16.4 Å². The molecule has 0 fully saturated rings. The topological polar surface area (TPSA) is 64.7 Å². The molecular weight excluding hydrogens is 172 g/mol. The van der Waals surface area contributed by atoms with Crippen LogP contribution in [0.2, 0.25) is 0 Å². The van der Waals surface area contributed by atoms with Gasteiger partial charge in [0.25, 0.3) is 0 Å². The second-order valence-electron chi connectivity index (χ2n) is 1.99. The highest BCUT2D eigenvalue weighted by molar-refractivity contribution is 7.90. The molecule has 0 aliphatic carbocycles. The maximum Gasteiger partial charge on any atom is 0.136 e. The lowest BCUT2D eigenvalue weighted by atomic mass is 10.1. The number of hydrogen-bond donors (Lipinski definition) is 0. The number of nitriles is 2. The summed E-state index contributed by atoms with van der Waals surface area (Å²) in [4.78, 5) is 0. The van der Waals surface area contributed by atoms with Crippen LogP contribution in [0, 0.1) is 22.7 Å². The first-order chi connectivity index (χ1) is 5.77. The standard InChI is InChI=1S/C8H4N2OS/c9-5-8(6-10)7-1-3-12(11)4-2-7/h1-4H. The quantitative estimate of drug-likeness (QED) is 0.519. The Bertz CT molecular complexity index is 356. The molecule has 0 aromatic carbocycles. The van der Waals surface area contributed by atoms with Gasteiger partial charge < -0.3 is 0 Å². The van der Waals surface area contributed by atoms with E-state index in [-0.39, 0.29) is 5.57 Å². The Morgan fingerprint density at radius 1 is 1.25 bits per heavy atom. The van der Waals surface area contributed by atoms with Crippen LogP contribution in [0.1, 0.15) is 0 Å². The Kier molecular flexibility index (Phi) is 2.57. The Morgan fingerprint density at radius 3 is 2.17 bits per heavy atom. The minimum absolute atomic E-state index is 0.0409. The third-order valence-corrected chi connectivity index (χ3v) is 2.08. The van der Waals surface area contributed by atoms with Gasteiger partial charge in [-0.15, -0.1) is 0 Å². The van der Waals surface area contributed by atoms with Gasteiger partial charge in [0.2, 0.25) is 0 Å². The second-order valence-corrected chi connectivity index (χ2v) is 3.19. The molecule has 0 spiro atoms. The van der Waals surface area contributed by atoms with Crippen molar-refractivity contribution in [1.29, 1.82) is 10.5 Å². The minimum Gasteiger partial charge on any atom is -0.250 e. The summed E-state index contributed by atoms with van der Waals surface area (Å²) in [6, 6.07) is 3.51. The van der Waals surface area contributed by atoms with Crippen molar-refractivity contribution in [2.45, 2.75) is 0 Å². The first-order valence-electron chi connectivity index (χ1n) is 3.08. The van der Waals surface area contributed by atoms with E-state index in [1.807, 2.05) is 0 Å². The van der Waals surface area contributed by atoms with Crippen LogP contribution in [0.3, 0.4) is 0 Å². The molecule has 1 aliphatic heterocycles. The molecule has 58 valence electrons. The largest absolute Gasteiger partial charge is 0.250 e. The SMILES string of the molecule is N#CC(C#N)=C1C=CS(=O)C=C1. The van der Waals surface area contributed by atoms with Crippen molar-refractivity contribution in [1.82, 2.24) is 0 Å². The summed E-state index contributed by atoms with van der Waals surface area (Å²) in [7, 11) is -1.10. The molecule has 0 amide bonds. The molecule has 0 radical (unpaired) electrons. The zero-order valence-electron chi connectivity index (χ0n) is 6.02. The van der Waals surface area contributed by atoms with Crippen LogP contribution in [0.15, 0.2) is 34.1 Å². The molecule has 4 heteroatoms. The summed E-state index contributed by atoms with van der Waals surface area (Å²) in [5.74, 6) is 0. The number of hydrogen-bond acceptors (Lipinski definition) is 3. The molecule has 0 aromatic heterocycles. The van der Waals surface area contributed by atoms with Crippen LogP contribution in [0.25, 0.3) is 0 Å². The molecule has 1 heterocycles. The summed E-state index contributed by atoms with van der Waals surface area (Å²) in [5.41, 5.74) is 0.554. The van der Waals surface area contributed by atoms with Gasteiger partial charge in [0.05, 0.1) is 10.8 Å². The van der Waals surface area contributed by atoms with Crippen molar-refractivity contribution in [2.24, 2.45) is 0 Å². The van der Waals surface area contributed by atoms with Crippen molar-refractivity contribution in [3.63, 3.8) is 0 Å². The van der Waals surface area contributed by atoms with Crippen molar-refractivity contribution in [3.8, 4) is 12.1 Å². The fraction of sp³-hybridized carbons (Fsp3) is 0. The van der Waals surface area contributed by atoms with Crippen LogP contribution < -0.4 is 0 Å². The first kappa shape index (κ1) is 8.45. The van der Waals surface area contributed by atoms with Crippen LogP contribution in [0.4, 0.5) is 0 Å². The van der Waals surface area contributed by atoms with Gasteiger partial charge in [-0.05, 0) is 12.2 Å². The minimum atomic E-state index is -1.10. The molecule has 0 saturated carbocycles. The molecule has 3 nitrogen and oxygen atoms in total. The lowest BCUT2D eigenvalue weighted by Gasteiger charge is -1.97. The number of rotatable bonds is 0. The van der Waals surface area contributed by atoms with Gasteiger partial charge in [-0.25, -0.2) is 0 Å². The predicted molar refractivity (Wildman–Crippen MR) is 44.7 cm³/mol. The van der Waals surface area contributed by atoms with Gasteiger partial charge in [-0.1, -0.05) is 0 Å². The lowest BCUT2D eigenvalue weighted by molar-refractivity contribution is 0.693. The monoisotopic (exact) mass is 176 g/mol. The van der Waals surface area contributed by atoms with E-state index in [1.165, 1.54) is 23.0 Å². The summed E-state index contributed by atoms with van der Waals surface area (Å²) >= 11 is 0.